The van der Waals surface area contributed by atoms with Crippen molar-refractivity contribution >= 4 is 0 Å². The lowest BCUT2D eigenvalue weighted by Gasteiger charge is -2.29. The molecule has 0 fully saturated rings. The summed E-state index contributed by atoms with van der Waals surface area (Å²) >= 11 is 0. The van der Waals surface area contributed by atoms with E-state index in [1.165, 1.54) is 11.3 Å². The monoisotopic (exact) mass is 323 g/mol. The fourth-order valence-electron chi connectivity index (χ4n) is 3.17. The van der Waals surface area contributed by atoms with Crippen molar-refractivity contribution in [1.82, 2.24) is 24.6 Å². The lowest BCUT2D eigenvalue weighted by molar-refractivity contribution is 0.118. The second-order valence-electron chi connectivity index (χ2n) is 6.16. The number of para-hydroxylation sites is 1. The molecular weight excluding hydrogens is 302 g/mol. The van der Waals surface area contributed by atoms with Gasteiger partial charge < -0.3 is 9.30 Å². The number of H-pyrrole nitrogens is 1. The topological polar surface area (TPSA) is 59.0 Å². The molecule has 1 aliphatic rings. The highest BCUT2D eigenvalue weighted by molar-refractivity contribution is 5.21. The van der Waals surface area contributed by atoms with Crippen molar-refractivity contribution in [3.8, 4) is 5.75 Å². The van der Waals surface area contributed by atoms with Crippen LogP contribution in [0.1, 0.15) is 17.7 Å². The average Bonchev–Trinajstić information content (AvgIpc) is 3.25. The molecule has 1 aliphatic heterocycles. The molecule has 124 valence electrons. The Bertz CT molecular complexity index is 753. The molecule has 1 atom stereocenters. The van der Waals surface area contributed by atoms with E-state index in [-0.39, 0.29) is 0 Å². The van der Waals surface area contributed by atoms with Gasteiger partial charge in [0.15, 0.2) is 0 Å². The van der Waals surface area contributed by atoms with Gasteiger partial charge in [-0.1, -0.05) is 18.2 Å². The largest absolute Gasteiger partial charge is 0.492 e. The maximum absolute atomic E-state index is 6.04. The van der Waals surface area contributed by atoms with Crippen molar-refractivity contribution in [3.63, 3.8) is 0 Å². The summed E-state index contributed by atoms with van der Waals surface area (Å²) < 4.78 is 8.28. The molecule has 0 saturated carbocycles. The fourth-order valence-corrected chi connectivity index (χ4v) is 3.17. The minimum Gasteiger partial charge on any atom is -0.492 e. The van der Waals surface area contributed by atoms with E-state index in [4.69, 9.17) is 4.74 Å². The van der Waals surface area contributed by atoms with Gasteiger partial charge in [0.05, 0.1) is 18.2 Å². The van der Waals surface area contributed by atoms with E-state index in [1.54, 1.807) is 0 Å². The number of nitrogens with zero attached hydrogens (tertiary/aromatic N) is 4. The van der Waals surface area contributed by atoms with Crippen molar-refractivity contribution in [3.05, 3.63) is 66.5 Å². The quantitative estimate of drug-likeness (QED) is 0.783. The molecule has 4 rings (SSSR count). The first kappa shape index (κ1) is 15.0. The molecule has 1 N–H and O–H groups in total. The molecule has 3 aromatic rings. The number of aromatic nitrogens is 4. The van der Waals surface area contributed by atoms with Crippen LogP contribution in [0.4, 0.5) is 0 Å². The maximum atomic E-state index is 6.04. The summed E-state index contributed by atoms with van der Waals surface area (Å²) in [5.41, 5.74) is 2.44. The van der Waals surface area contributed by atoms with Gasteiger partial charge in [-0.05, 0) is 18.6 Å². The zero-order chi connectivity index (χ0) is 16.2. The Morgan fingerprint density at radius 3 is 2.96 bits per heavy atom. The van der Waals surface area contributed by atoms with Crippen molar-refractivity contribution in [2.24, 2.45) is 0 Å². The van der Waals surface area contributed by atoms with Gasteiger partial charge in [-0.3, -0.25) is 10.00 Å². The molecule has 2 aromatic heterocycles. The smallest absolute Gasteiger partial charge is 0.119 e. The lowest BCUT2D eigenvalue weighted by Crippen LogP contribution is -2.37. The van der Waals surface area contributed by atoms with E-state index in [9.17, 15) is 0 Å². The van der Waals surface area contributed by atoms with E-state index < -0.39 is 0 Å². The molecule has 0 bridgehead atoms. The number of aryl methyl sites for hydroxylation is 1. The van der Waals surface area contributed by atoms with Gasteiger partial charge in [-0.15, -0.1) is 0 Å². The Labute approximate surface area is 141 Å². The Kier molecular flexibility index (Phi) is 4.29. The molecule has 0 radical (unpaired) electrons. The number of benzene rings is 1. The van der Waals surface area contributed by atoms with Gasteiger partial charge in [-0.2, -0.15) is 5.10 Å². The molecule has 6 nitrogen and oxygen atoms in total. The van der Waals surface area contributed by atoms with Crippen molar-refractivity contribution in [2.75, 3.05) is 6.61 Å². The van der Waals surface area contributed by atoms with E-state index in [2.05, 4.69) is 24.6 Å². The number of rotatable bonds is 5. The van der Waals surface area contributed by atoms with Crippen LogP contribution in [0.25, 0.3) is 0 Å². The van der Waals surface area contributed by atoms with Gasteiger partial charge in [0.25, 0.3) is 0 Å². The van der Waals surface area contributed by atoms with E-state index in [0.29, 0.717) is 12.6 Å². The van der Waals surface area contributed by atoms with Crippen LogP contribution in [-0.2, 0) is 19.6 Å². The molecule has 1 aromatic carbocycles. The molecule has 0 spiro atoms. The first-order chi connectivity index (χ1) is 11.9. The average molecular weight is 323 g/mol. The third-order valence-corrected chi connectivity index (χ3v) is 4.51. The SMILES string of the molecule is c1ccc(OC[C@@H]2CCn3cncc3CN2Cc2cn[nH]c2)cc1. The van der Waals surface area contributed by atoms with Crippen LogP contribution in [0.15, 0.2) is 55.2 Å². The molecule has 0 unspecified atom stereocenters. The van der Waals surface area contributed by atoms with Crippen LogP contribution in [0.5, 0.6) is 5.75 Å². The van der Waals surface area contributed by atoms with Crippen LogP contribution in [0, 0.1) is 0 Å². The number of aromatic amines is 1. The molecule has 0 aliphatic carbocycles. The van der Waals surface area contributed by atoms with Crippen LogP contribution in [0.2, 0.25) is 0 Å². The van der Waals surface area contributed by atoms with Crippen LogP contribution >= 0.6 is 0 Å². The Morgan fingerprint density at radius 2 is 2.12 bits per heavy atom. The van der Waals surface area contributed by atoms with Gasteiger partial charge in [0, 0.05) is 43.6 Å². The fraction of sp³-hybridized carbons (Fsp3) is 0.333. The molecule has 6 heteroatoms. The predicted octanol–water partition coefficient (Wildman–Crippen LogP) is 2.46. The summed E-state index contributed by atoms with van der Waals surface area (Å²) in [5.74, 6) is 0.922. The summed E-state index contributed by atoms with van der Waals surface area (Å²) in [6.07, 6.45) is 8.76. The Morgan fingerprint density at radius 1 is 1.21 bits per heavy atom. The molecule has 3 heterocycles. The first-order valence-electron chi connectivity index (χ1n) is 8.27. The van der Waals surface area contributed by atoms with Crippen molar-refractivity contribution in [2.45, 2.75) is 32.1 Å². The second-order valence-corrected chi connectivity index (χ2v) is 6.16. The van der Waals surface area contributed by atoms with Gasteiger partial charge in [-0.25, -0.2) is 4.98 Å². The maximum Gasteiger partial charge on any atom is 0.119 e. The Balaban J connectivity index is 1.50. The van der Waals surface area contributed by atoms with Crippen LogP contribution in [-0.4, -0.2) is 37.3 Å². The van der Waals surface area contributed by atoms with E-state index >= 15 is 0 Å². The van der Waals surface area contributed by atoms with Crippen molar-refractivity contribution < 1.29 is 4.74 Å². The van der Waals surface area contributed by atoms with Gasteiger partial charge >= 0.3 is 0 Å². The summed E-state index contributed by atoms with van der Waals surface area (Å²) in [4.78, 5) is 6.73. The highest BCUT2D eigenvalue weighted by Crippen LogP contribution is 2.21. The second kappa shape index (κ2) is 6.88. The van der Waals surface area contributed by atoms with Gasteiger partial charge in [0.2, 0.25) is 0 Å². The molecule has 0 amide bonds. The summed E-state index contributed by atoms with van der Waals surface area (Å²) in [5, 5.41) is 6.96. The molecular formula is C18H21N5O. The highest BCUT2D eigenvalue weighted by Gasteiger charge is 2.25. The van der Waals surface area contributed by atoms with Crippen LogP contribution < -0.4 is 4.74 Å². The minimum absolute atomic E-state index is 0.347. The first-order valence-corrected chi connectivity index (χ1v) is 8.27. The third kappa shape index (κ3) is 3.33. The lowest BCUT2D eigenvalue weighted by atomic mass is 10.1. The molecule has 24 heavy (non-hydrogen) atoms. The number of hydrogen-bond donors (Lipinski definition) is 1. The summed E-state index contributed by atoms with van der Waals surface area (Å²) in [7, 11) is 0. The zero-order valence-corrected chi connectivity index (χ0v) is 13.5. The highest BCUT2D eigenvalue weighted by atomic mass is 16.5. The normalized spacial score (nSPS) is 18.1. The standard InChI is InChI=1S/C18H21N5O/c1-2-4-18(5-3-1)24-13-16-6-7-22-14-19-10-17(22)12-23(16)11-15-8-20-21-9-15/h1-5,8-10,14,16H,6-7,11-13H2,(H,20,21)/t16-/m0/s1. The van der Waals surface area contributed by atoms with Crippen LogP contribution in [0.3, 0.4) is 0 Å². The number of hydrogen-bond acceptors (Lipinski definition) is 4. The van der Waals surface area contributed by atoms with E-state index in [0.717, 1.165) is 31.8 Å². The molecule has 0 saturated heterocycles. The summed E-state index contributed by atoms with van der Waals surface area (Å²) in [6.45, 7) is 3.37. The zero-order valence-electron chi connectivity index (χ0n) is 13.5. The van der Waals surface area contributed by atoms with Gasteiger partial charge in [0.1, 0.15) is 12.4 Å². The third-order valence-electron chi connectivity index (χ3n) is 4.51. The minimum atomic E-state index is 0.347. The predicted molar refractivity (Wildman–Crippen MR) is 90.4 cm³/mol. The van der Waals surface area contributed by atoms with E-state index in [1.807, 2.05) is 55.2 Å². The summed E-state index contributed by atoms with van der Waals surface area (Å²) in [6, 6.07) is 10.4. The van der Waals surface area contributed by atoms with Crippen molar-refractivity contribution in [1.29, 1.82) is 0 Å². The number of imidazole rings is 1. The number of nitrogens with one attached hydrogen (secondary N) is 1. The number of fused-ring (bicyclic) bond motifs is 1. The Hall–Kier alpha value is -2.60. The number of ether oxygens (including phenoxy) is 1.